The van der Waals surface area contributed by atoms with Crippen LogP contribution in [0, 0.1) is 0 Å². The van der Waals surface area contributed by atoms with E-state index in [1.807, 2.05) is 36.4 Å². The Hall–Kier alpha value is -2.87. The Morgan fingerprint density at radius 2 is 1.88 bits per heavy atom. The van der Waals surface area contributed by atoms with Crippen LogP contribution >= 0.6 is 11.8 Å². The first-order valence-electron chi connectivity index (χ1n) is 7.60. The monoisotopic (exact) mass is 355 g/mol. The van der Waals surface area contributed by atoms with E-state index in [1.165, 1.54) is 11.8 Å². The molecule has 0 aliphatic rings. The predicted molar refractivity (Wildman–Crippen MR) is 90.8 cm³/mol. The summed E-state index contributed by atoms with van der Waals surface area (Å²) in [6, 6.07) is 13.5. The van der Waals surface area contributed by atoms with E-state index in [-0.39, 0.29) is 12.2 Å². The molecule has 0 fully saturated rings. The molecule has 2 aromatic heterocycles. The molecule has 1 atom stereocenters. The molecular weight excluding hydrogens is 340 g/mol. The van der Waals surface area contributed by atoms with E-state index in [0.29, 0.717) is 10.8 Å². The van der Waals surface area contributed by atoms with Gasteiger partial charge in [0.1, 0.15) is 0 Å². The van der Waals surface area contributed by atoms with Gasteiger partial charge in [0.25, 0.3) is 0 Å². The summed E-state index contributed by atoms with van der Waals surface area (Å²) < 4.78 is 1.76. The van der Waals surface area contributed by atoms with Crippen molar-refractivity contribution in [3.05, 3.63) is 60.3 Å². The number of aromatic nitrogens is 3. The number of fused-ring (bicyclic) bond motifs is 1. The number of pyridine rings is 1. The fourth-order valence-corrected chi connectivity index (χ4v) is 3.06. The third-order valence-electron chi connectivity index (χ3n) is 3.52. The zero-order chi connectivity index (χ0) is 17.6. The lowest BCUT2D eigenvalue weighted by molar-refractivity contribution is -0.308. The third kappa shape index (κ3) is 4.36. The number of carbonyl (C=O) groups is 2. The quantitative estimate of drug-likeness (QED) is 0.612. The molecule has 0 spiro atoms. The van der Waals surface area contributed by atoms with Crippen molar-refractivity contribution in [2.45, 2.75) is 17.6 Å². The lowest BCUT2D eigenvalue weighted by Gasteiger charge is -2.19. The first kappa shape index (κ1) is 17.0. The van der Waals surface area contributed by atoms with Gasteiger partial charge in [0.2, 0.25) is 5.91 Å². The largest absolute Gasteiger partial charge is 0.548 e. The highest BCUT2D eigenvalue weighted by atomic mass is 32.2. The van der Waals surface area contributed by atoms with Gasteiger partial charge in [0, 0.05) is 6.20 Å². The zero-order valence-corrected chi connectivity index (χ0v) is 14.0. The number of hydrogen-bond donors (Lipinski definition) is 1. The summed E-state index contributed by atoms with van der Waals surface area (Å²) in [5.74, 6) is -1.67. The molecule has 0 radical (unpaired) electrons. The number of benzene rings is 1. The fraction of sp³-hybridized carbons (Fsp3) is 0.176. The van der Waals surface area contributed by atoms with Gasteiger partial charge >= 0.3 is 0 Å². The van der Waals surface area contributed by atoms with Gasteiger partial charge in [-0.05, 0) is 24.1 Å². The molecule has 7 nitrogen and oxygen atoms in total. The fourth-order valence-electron chi connectivity index (χ4n) is 2.33. The van der Waals surface area contributed by atoms with Gasteiger partial charge in [-0.25, -0.2) is 0 Å². The number of rotatable bonds is 7. The maximum atomic E-state index is 12.1. The number of carbonyl (C=O) groups excluding carboxylic acids is 2. The van der Waals surface area contributed by atoms with Crippen LogP contribution in [0.25, 0.3) is 5.65 Å². The van der Waals surface area contributed by atoms with Crippen LogP contribution in [0.1, 0.15) is 5.56 Å². The average molecular weight is 355 g/mol. The van der Waals surface area contributed by atoms with Crippen molar-refractivity contribution < 1.29 is 14.7 Å². The van der Waals surface area contributed by atoms with Gasteiger partial charge in [-0.3, -0.25) is 9.20 Å². The van der Waals surface area contributed by atoms with Crippen LogP contribution in [-0.2, 0) is 16.0 Å². The highest BCUT2D eigenvalue weighted by molar-refractivity contribution is 7.99. The molecule has 3 aromatic rings. The summed E-state index contributed by atoms with van der Waals surface area (Å²) >= 11 is 1.19. The van der Waals surface area contributed by atoms with E-state index < -0.39 is 17.9 Å². The first-order chi connectivity index (χ1) is 12.1. The Morgan fingerprint density at radius 1 is 1.12 bits per heavy atom. The maximum Gasteiger partial charge on any atom is 0.231 e. The number of carboxylic acids is 1. The zero-order valence-electron chi connectivity index (χ0n) is 13.2. The van der Waals surface area contributed by atoms with Crippen LogP contribution in [0.15, 0.2) is 59.9 Å². The van der Waals surface area contributed by atoms with E-state index in [4.69, 9.17) is 0 Å². The molecule has 2 heterocycles. The van der Waals surface area contributed by atoms with Crippen molar-refractivity contribution in [3.63, 3.8) is 0 Å². The molecule has 3 rings (SSSR count). The highest BCUT2D eigenvalue weighted by Crippen LogP contribution is 2.16. The summed E-state index contributed by atoms with van der Waals surface area (Å²) in [5.41, 5.74) is 1.50. The minimum atomic E-state index is -1.31. The van der Waals surface area contributed by atoms with Gasteiger partial charge < -0.3 is 15.2 Å². The number of carboxylic acid groups (broad SMARTS) is 1. The standard InChI is InChI=1S/C17H16N4O3S/c22-15(11-25-17-20-19-14-8-4-5-9-21(14)17)18-13(16(23)24)10-12-6-2-1-3-7-12/h1-9,13H,10-11H2,(H,18,22)(H,23,24)/p-1/t13-/m1/s1. The normalized spacial score (nSPS) is 12.0. The Bertz CT molecular complexity index is 882. The second kappa shape index (κ2) is 7.80. The van der Waals surface area contributed by atoms with Crippen LogP contribution in [0.3, 0.4) is 0 Å². The maximum absolute atomic E-state index is 12.1. The van der Waals surface area contributed by atoms with Gasteiger partial charge in [0.05, 0.1) is 17.8 Å². The minimum Gasteiger partial charge on any atom is -0.548 e. The molecule has 1 N–H and O–H groups in total. The Kier molecular flexibility index (Phi) is 5.30. The molecule has 0 bridgehead atoms. The molecule has 8 heteroatoms. The summed E-state index contributed by atoms with van der Waals surface area (Å²) in [4.78, 5) is 23.4. The van der Waals surface area contributed by atoms with E-state index >= 15 is 0 Å². The minimum absolute atomic E-state index is 0.0360. The number of hydrogen-bond acceptors (Lipinski definition) is 6. The smallest absolute Gasteiger partial charge is 0.231 e. The summed E-state index contributed by atoms with van der Waals surface area (Å²) in [7, 11) is 0. The molecule has 1 amide bonds. The third-order valence-corrected chi connectivity index (χ3v) is 4.46. The number of nitrogens with one attached hydrogen (secondary N) is 1. The summed E-state index contributed by atoms with van der Waals surface area (Å²) in [6.45, 7) is 0. The van der Waals surface area contributed by atoms with Crippen molar-refractivity contribution in [3.8, 4) is 0 Å². The topological polar surface area (TPSA) is 99.4 Å². The molecule has 1 aromatic carbocycles. The Morgan fingerprint density at radius 3 is 2.64 bits per heavy atom. The van der Waals surface area contributed by atoms with E-state index in [9.17, 15) is 14.7 Å². The number of thioether (sulfide) groups is 1. The van der Waals surface area contributed by atoms with Crippen LogP contribution < -0.4 is 10.4 Å². The molecule has 128 valence electrons. The Labute approximate surface area is 148 Å². The molecular formula is C17H15N4O3S-. The van der Waals surface area contributed by atoms with Crippen LogP contribution in [0.5, 0.6) is 0 Å². The van der Waals surface area contributed by atoms with Crippen LogP contribution in [-0.4, -0.2) is 38.3 Å². The first-order valence-corrected chi connectivity index (χ1v) is 8.59. The Balaban J connectivity index is 1.59. The van der Waals surface area contributed by atoms with E-state index in [0.717, 1.165) is 5.56 Å². The van der Waals surface area contributed by atoms with Crippen molar-refractivity contribution in [2.75, 3.05) is 5.75 Å². The molecule has 25 heavy (non-hydrogen) atoms. The van der Waals surface area contributed by atoms with Crippen LogP contribution in [0.4, 0.5) is 0 Å². The summed E-state index contributed by atoms with van der Waals surface area (Å²) in [5, 5.41) is 22.4. The molecule has 0 aliphatic carbocycles. The molecule has 0 unspecified atom stereocenters. The number of aliphatic carboxylic acids is 1. The van der Waals surface area contributed by atoms with Gasteiger partial charge in [0.15, 0.2) is 10.8 Å². The van der Waals surface area contributed by atoms with Crippen LogP contribution in [0.2, 0.25) is 0 Å². The predicted octanol–water partition coefficient (Wildman–Crippen LogP) is 0.299. The van der Waals surface area contributed by atoms with Gasteiger partial charge in [-0.2, -0.15) is 0 Å². The van der Waals surface area contributed by atoms with Crippen molar-refractivity contribution in [1.29, 1.82) is 0 Å². The van der Waals surface area contributed by atoms with Gasteiger partial charge in [-0.1, -0.05) is 48.2 Å². The van der Waals surface area contributed by atoms with E-state index in [1.54, 1.807) is 22.7 Å². The number of nitrogens with zero attached hydrogens (tertiary/aromatic N) is 3. The van der Waals surface area contributed by atoms with Crippen molar-refractivity contribution >= 4 is 29.3 Å². The van der Waals surface area contributed by atoms with Crippen molar-refractivity contribution in [1.82, 2.24) is 19.9 Å². The number of amides is 1. The summed E-state index contributed by atoms with van der Waals surface area (Å²) in [6.07, 6.45) is 1.97. The molecule has 0 saturated carbocycles. The van der Waals surface area contributed by atoms with Crippen molar-refractivity contribution in [2.24, 2.45) is 0 Å². The molecule has 0 saturated heterocycles. The second-order valence-corrected chi connectivity index (χ2v) is 6.27. The lowest BCUT2D eigenvalue weighted by atomic mass is 10.1. The highest BCUT2D eigenvalue weighted by Gasteiger charge is 2.15. The molecule has 0 aliphatic heterocycles. The average Bonchev–Trinajstić information content (AvgIpc) is 3.03. The lowest BCUT2D eigenvalue weighted by Crippen LogP contribution is -2.49. The second-order valence-electron chi connectivity index (χ2n) is 5.33. The van der Waals surface area contributed by atoms with Gasteiger partial charge in [-0.15, -0.1) is 10.2 Å². The van der Waals surface area contributed by atoms with E-state index in [2.05, 4.69) is 15.5 Å². The SMILES string of the molecule is O=C(CSc1nnc2ccccn12)N[C@H](Cc1ccccc1)C(=O)[O-].